The van der Waals surface area contributed by atoms with Gasteiger partial charge in [0.15, 0.2) is 0 Å². The van der Waals surface area contributed by atoms with E-state index in [1.165, 1.54) is 0 Å². The number of aliphatic hydroxyl groups is 1. The molecular formula is C23H33N3O2S. The van der Waals surface area contributed by atoms with Crippen LogP contribution in [0.5, 0.6) is 0 Å². The molecule has 0 aromatic heterocycles. The zero-order chi connectivity index (χ0) is 21.7. The molecule has 6 heteroatoms. The molecule has 29 heavy (non-hydrogen) atoms. The van der Waals surface area contributed by atoms with Crippen LogP contribution in [0.25, 0.3) is 9.69 Å². The first-order valence-corrected chi connectivity index (χ1v) is 11.1. The van der Waals surface area contributed by atoms with Crippen LogP contribution in [0.4, 0.5) is 0 Å². The Kier molecular flexibility index (Phi) is 5.74. The lowest BCUT2D eigenvalue weighted by Gasteiger charge is -2.55. The molecular weight excluding hydrogens is 382 g/mol. The molecule has 1 heterocycles. The van der Waals surface area contributed by atoms with Crippen molar-refractivity contribution in [1.29, 1.82) is 0 Å². The highest BCUT2D eigenvalue weighted by molar-refractivity contribution is 7.78. The second-order valence-electron chi connectivity index (χ2n) is 10.6. The van der Waals surface area contributed by atoms with E-state index >= 15 is 0 Å². The zero-order valence-corrected chi connectivity index (χ0v) is 19.1. The minimum absolute atomic E-state index is 0.0121. The van der Waals surface area contributed by atoms with Crippen molar-refractivity contribution < 1.29 is 9.84 Å². The van der Waals surface area contributed by atoms with Gasteiger partial charge in [0.2, 0.25) is 0 Å². The summed E-state index contributed by atoms with van der Waals surface area (Å²) in [6.07, 6.45) is 4.81. The van der Waals surface area contributed by atoms with Crippen molar-refractivity contribution in [2.45, 2.75) is 108 Å². The Morgan fingerprint density at radius 3 is 2.34 bits per heavy atom. The summed E-state index contributed by atoms with van der Waals surface area (Å²) in [7, 11) is 0. The number of fused-ring (bicyclic) bond motifs is 1. The highest BCUT2D eigenvalue weighted by Gasteiger charge is 2.64. The topological polar surface area (TPSA) is 50.5 Å². The van der Waals surface area contributed by atoms with Gasteiger partial charge in [0, 0.05) is 19.8 Å². The van der Waals surface area contributed by atoms with E-state index < -0.39 is 22.8 Å². The van der Waals surface area contributed by atoms with Gasteiger partial charge >= 0.3 is 0 Å². The monoisotopic (exact) mass is 415 g/mol. The summed E-state index contributed by atoms with van der Waals surface area (Å²) in [5.74, 6) is 0.310. The van der Waals surface area contributed by atoms with E-state index in [-0.39, 0.29) is 29.4 Å². The van der Waals surface area contributed by atoms with Gasteiger partial charge in [0.1, 0.15) is 11.7 Å². The van der Waals surface area contributed by atoms with Crippen molar-refractivity contribution in [1.82, 2.24) is 0 Å². The highest BCUT2D eigenvalue weighted by atomic mass is 32.1. The SMILES string of the molecule is [C-]#[N+][C@@H]1[C@@H]2[C@@H]([C@@]3(C)CC[C@@H](C(C)(C)[N+]#[C-])O3)CC[C@](C)(N=C=S)[C@H]2CC[C@@]1(C)O. The lowest BCUT2D eigenvalue weighted by atomic mass is 9.51. The average molecular weight is 416 g/mol. The molecule has 0 aromatic carbocycles. The van der Waals surface area contributed by atoms with Gasteiger partial charge in [-0.25, -0.2) is 18.1 Å². The Labute approximate surface area is 180 Å². The van der Waals surface area contributed by atoms with E-state index in [9.17, 15) is 5.11 Å². The van der Waals surface area contributed by atoms with Crippen molar-refractivity contribution >= 4 is 17.4 Å². The van der Waals surface area contributed by atoms with Gasteiger partial charge in [-0.2, -0.15) is 0 Å². The summed E-state index contributed by atoms with van der Waals surface area (Å²) in [4.78, 5) is 12.3. The smallest absolute Gasteiger partial charge is 0.255 e. The lowest BCUT2D eigenvalue weighted by Crippen LogP contribution is -2.62. The number of aliphatic imine (C=N–C) groups is 1. The average Bonchev–Trinajstić information content (AvgIpc) is 3.05. The number of thiocarbonyl (C=S) groups is 1. The van der Waals surface area contributed by atoms with Gasteiger partial charge in [0.25, 0.3) is 11.6 Å². The van der Waals surface area contributed by atoms with E-state index in [1.54, 1.807) is 6.92 Å². The Morgan fingerprint density at radius 2 is 1.76 bits per heavy atom. The zero-order valence-electron chi connectivity index (χ0n) is 18.2. The number of hydrogen-bond donors (Lipinski definition) is 1. The number of hydrogen-bond acceptors (Lipinski definition) is 4. The molecule has 0 radical (unpaired) electrons. The van der Waals surface area contributed by atoms with Crippen molar-refractivity contribution in [3.63, 3.8) is 0 Å². The summed E-state index contributed by atoms with van der Waals surface area (Å²) < 4.78 is 6.62. The molecule has 0 amide bonds. The van der Waals surface area contributed by atoms with Gasteiger partial charge < -0.3 is 19.5 Å². The first-order chi connectivity index (χ1) is 13.4. The van der Waals surface area contributed by atoms with Crippen LogP contribution in [0.1, 0.15) is 73.1 Å². The minimum Gasteiger partial charge on any atom is -0.382 e. The second-order valence-corrected chi connectivity index (χ2v) is 10.8. The van der Waals surface area contributed by atoms with Crippen LogP contribution in [0.2, 0.25) is 0 Å². The quantitative estimate of drug-likeness (QED) is 0.403. The number of rotatable bonds is 3. The molecule has 5 nitrogen and oxygen atoms in total. The van der Waals surface area contributed by atoms with Crippen LogP contribution < -0.4 is 0 Å². The fourth-order valence-corrected chi connectivity index (χ4v) is 6.57. The number of ether oxygens (including phenoxy) is 1. The van der Waals surface area contributed by atoms with Crippen LogP contribution >= 0.6 is 12.2 Å². The Morgan fingerprint density at radius 1 is 1.10 bits per heavy atom. The third kappa shape index (κ3) is 3.66. The maximum Gasteiger partial charge on any atom is 0.255 e. The molecule has 0 aromatic rings. The third-order valence-corrected chi connectivity index (χ3v) is 8.36. The molecule has 0 bridgehead atoms. The first kappa shape index (κ1) is 22.4. The molecule has 1 saturated heterocycles. The van der Waals surface area contributed by atoms with Gasteiger partial charge in [-0.3, -0.25) is 0 Å². The van der Waals surface area contributed by atoms with Crippen LogP contribution in [-0.2, 0) is 4.74 Å². The third-order valence-electron chi connectivity index (χ3n) is 8.27. The summed E-state index contributed by atoms with van der Waals surface area (Å²) in [6.45, 7) is 25.4. The van der Waals surface area contributed by atoms with Crippen molar-refractivity contribution in [2.75, 3.05) is 0 Å². The van der Waals surface area contributed by atoms with Gasteiger partial charge in [-0.15, -0.1) is 0 Å². The molecule has 3 aliphatic rings. The predicted octanol–water partition coefficient (Wildman–Crippen LogP) is 4.96. The Balaban J connectivity index is 2.00. The van der Waals surface area contributed by atoms with E-state index in [0.29, 0.717) is 6.42 Å². The predicted molar refractivity (Wildman–Crippen MR) is 117 cm³/mol. The van der Waals surface area contributed by atoms with Crippen LogP contribution in [0.3, 0.4) is 0 Å². The number of isothiocyanates is 1. The van der Waals surface area contributed by atoms with E-state index in [1.807, 2.05) is 13.8 Å². The molecule has 2 aliphatic carbocycles. The van der Waals surface area contributed by atoms with Crippen LogP contribution in [0, 0.1) is 30.9 Å². The second kappa shape index (κ2) is 7.44. The van der Waals surface area contributed by atoms with Gasteiger partial charge in [-0.1, -0.05) is 0 Å². The largest absolute Gasteiger partial charge is 0.382 e. The van der Waals surface area contributed by atoms with Crippen molar-refractivity contribution in [2.24, 2.45) is 22.7 Å². The molecule has 1 N–H and O–H groups in total. The number of nitrogens with zero attached hydrogens (tertiary/aromatic N) is 3. The summed E-state index contributed by atoms with van der Waals surface area (Å²) in [6, 6.07) is -0.487. The van der Waals surface area contributed by atoms with Crippen LogP contribution in [-0.4, -0.2) is 44.7 Å². The Bertz CT molecular complexity index is 791. The maximum atomic E-state index is 11.1. The highest BCUT2D eigenvalue weighted by Crippen LogP contribution is 2.58. The summed E-state index contributed by atoms with van der Waals surface area (Å²) in [5, 5.41) is 13.7. The first-order valence-electron chi connectivity index (χ1n) is 10.7. The lowest BCUT2D eigenvalue weighted by molar-refractivity contribution is -0.150. The van der Waals surface area contributed by atoms with E-state index in [0.717, 1.165) is 32.1 Å². The summed E-state index contributed by atoms with van der Waals surface area (Å²) in [5.41, 5.74) is -2.30. The van der Waals surface area contributed by atoms with Crippen LogP contribution in [0.15, 0.2) is 4.99 Å². The van der Waals surface area contributed by atoms with Crippen molar-refractivity contribution in [3.05, 3.63) is 22.8 Å². The Hall–Kier alpha value is -1.30. The minimum atomic E-state index is -1.01. The van der Waals surface area contributed by atoms with E-state index in [2.05, 4.69) is 33.7 Å². The molecule has 0 unspecified atom stereocenters. The molecule has 8 atom stereocenters. The molecule has 2 saturated carbocycles. The normalized spacial score (nSPS) is 47.4. The van der Waals surface area contributed by atoms with Crippen molar-refractivity contribution in [3.8, 4) is 0 Å². The standard InChI is InChI=1S/C23H33N3O2S/c1-20(2,25-7)17-10-13-23(5,28-17)16-8-11-21(3,26-14-29)15-9-12-22(4,27)19(24-6)18(15)16/h15-19,27H,8-13H2,1-5H3/t15-,16-,17-,18-,19+,21-,22+,23+/m0/s1. The molecule has 3 fully saturated rings. The maximum absolute atomic E-state index is 11.1. The molecule has 158 valence electrons. The fraction of sp³-hybridized carbons (Fsp3) is 0.870. The van der Waals surface area contributed by atoms with Gasteiger partial charge in [0.05, 0.1) is 16.3 Å². The molecule has 0 spiro atoms. The van der Waals surface area contributed by atoms with E-state index in [4.69, 9.17) is 30.1 Å². The summed E-state index contributed by atoms with van der Waals surface area (Å²) >= 11 is 4.95. The fourth-order valence-electron chi connectivity index (χ4n) is 6.36. The van der Waals surface area contributed by atoms with Gasteiger partial charge in [-0.05, 0) is 83.3 Å². The molecule has 1 aliphatic heterocycles. The molecule has 3 rings (SSSR count).